The maximum Gasteiger partial charge on any atom is 0.0367 e. The minimum atomic E-state index is 0.287. The van der Waals surface area contributed by atoms with Gasteiger partial charge < -0.3 is 10.6 Å². The van der Waals surface area contributed by atoms with Gasteiger partial charge in [-0.1, -0.05) is 26.0 Å². The number of anilines is 1. The highest BCUT2D eigenvalue weighted by Crippen LogP contribution is 2.19. The van der Waals surface area contributed by atoms with Crippen LogP contribution in [0.25, 0.3) is 0 Å². The number of hydrogen-bond acceptors (Lipinski definition) is 3. The maximum atomic E-state index is 6.03. The van der Waals surface area contributed by atoms with E-state index in [0.29, 0.717) is 6.04 Å². The second-order valence-corrected chi connectivity index (χ2v) is 6.32. The Morgan fingerprint density at radius 2 is 1.62 bits per heavy atom. The van der Waals surface area contributed by atoms with Crippen molar-refractivity contribution in [3.63, 3.8) is 0 Å². The minimum Gasteiger partial charge on any atom is -0.369 e. The maximum absolute atomic E-state index is 6.03. The Morgan fingerprint density at radius 3 is 2.14 bits per heavy atom. The summed E-state index contributed by atoms with van der Waals surface area (Å²) in [4.78, 5) is 5.10. The van der Waals surface area contributed by atoms with E-state index in [0.717, 1.165) is 25.9 Å². The van der Waals surface area contributed by atoms with E-state index >= 15 is 0 Å². The zero-order valence-corrected chi connectivity index (χ0v) is 13.9. The minimum absolute atomic E-state index is 0.287. The van der Waals surface area contributed by atoms with Crippen LogP contribution < -0.4 is 10.6 Å². The normalized spacial score (nSPS) is 19.5. The molecule has 0 aromatic heterocycles. The van der Waals surface area contributed by atoms with Crippen molar-refractivity contribution in [2.45, 2.75) is 52.1 Å². The van der Waals surface area contributed by atoms with Crippen molar-refractivity contribution in [2.75, 3.05) is 31.1 Å². The molecule has 2 rings (SSSR count). The lowest BCUT2D eigenvalue weighted by Gasteiger charge is -2.39. The molecule has 2 unspecified atom stereocenters. The third-order valence-corrected chi connectivity index (χ3v) is 4.85. The molecule has 2 atom stereocenters. The summed E-state index contributed by atoms with van der Waals surface area (Å²) in [7, 11) is 0. The summed E-state index contributed by atoms with van der Waals surface area (Å²) in [5.41, 5.74) is 8.73. The van der Waals surface area contributed by atoms with Crippen LogP contribution in [0, 0.1) is 0 Å². The molecule has 0 spiro atoms. The summed E-state index contributed by atoms with van der Waals surface area (Å²) in [5, 5.41) is 0. The molecule has 3 heteroatoms. The lowest BCUT2D eigenvalue weighted by molar-refractivity contribution is 0.193. The Balaban J connectivity index is 1.89. The van der Waals surface area contributed by atoms with Crippen LogP contribution >= 0.6 is 0 Å². The zero-order chi connectivity index (χ0) is 15.2. The second-order valence-electron chi connectivity index (χ2n) is 6.32. The van der Waals surface area contributed by atoms with Gasteiger partial charge in [-0.15, -0.1) is 0 Å². The first-order valence-corrected chi connectivity index (χ1v) is 8.47. The van der Waals surface area contributed by atoms with Gasteiger partial charge in [0.25, 0.3) is 0 Å². The Labute approximate surface area is 130 Å². The Morgan fingerprint density at radius 1 is 1.00 bits per heavy atom. The summed E-state index contributed by atoms with van der Waals surface area (Å²) < 4.78 is 0. The summed E-state index contributed by atoms with van der Waals surface area (Å²) in [5.74, 6) is 0. The Hall–Kier alpha value is -1.06. The quantitative estimate of drug-likeness (QED) is 0.874. The standard InChI is InChI=1S/C18H31N3/c1-4-15(3)20-10-12-21(13-11-20)18-8-6-16(7-9-18)14-17(19)5-2/h6-9,15,17H,4-5,10-14,19H2,1-3H3. The van der Waals surface area contributed by atoms with E-state index in [4.69, 9.17) is 5.73 Å². The first-order valence-electron chi connectivity index (χ1n) is 8.47. The van der Waals surface area contributed by atoms with Gasteiger partial charge in [0.2, 0.25) is 0 Å². The van der Waals surface area contributed by atoms with E-state index in [2.05, 4.69) is 54.8 Å². The van der Waals surface area contributed by atoms with E-state index in [-0.39, 0.29) is 6.04 Å². The predicted molar refractivity (Wildman–Crippen MR) is 92.0 cm³/mol. The molecule has 1 fully saturated rings. The molecular formula is C18H31N3. The fourth-order valence-corrected chi connectivity index (χ4v) is 2.97. The fourth-order valence-electron chi connectivity index (χ4n) is 2.97. The first-order chi connectivity index (χ1) is 10.1. The van der Waals surface area contributed by atoms with Gasteiger partial charge in [-0.25, -0.2) is 0 Å². The highest BCUT2D eigenvalue weighted by Gasteiger charge is 2.20. The third-order valence-electron chi connectivity index (χ3n) is 4.85. The van der Waals surface area contributed by atoms with Crippen molar-refractivity contribution in [2.24, 2.45) is 5.73 Å². The van der Waals surface area contributed by atoms with Crippen LogP contribution in [0.15, 0.2) is 24.3 Å². The van der Waals surface area contributed by atoms with Crippen molar-refractivity contribution in [3.8, 4) is 0 Å². The Bertz CT molecular complexity index is 407. The number of hydrogen-bond donors (Lipinski definition) is 1. The molecule has 1 aromatic carbocycles. The Kier molecular flexibility index (Phi) is 6.07. The van der Waals surface area contributed by atoms with Crippen LogP contribution in [-0.2, 0) is 6.42 Å². The topological polar surface area (TPSA) is 32.5 Å². The molecule has 0 aliphatic carbocycles. The van der Waals surface area contributed by atoms with Crippen molar-refractivity contribution in [3.05, 3.63) is 29.8 Å². The van der Waals surface area contributed by atoms with Gasteiger partial charge in [0.15, 0.2) is 0 Å². The van der Waals surface area contributed by atoms with Crippen molar-refractivity contribution in [1.29, 1.82) is 0 Å². The molecule has 0 amide bonds. The average molecular weight is 289 g/mol. The van der Waals surface area contributed by atoms with Gasteiger partial charge in [0.05, 0.1) is 0 Å². The summed E-state index contributed by atoms with van der Waals surface area (Å²) in [6.45, 7) is 11.4. The highest BCUT2D eigenvalue weighted by atomic mass is 15.3. The number of nitrogens with two attached hydrogens (primary N) is 1. The number of rotatable bonds is 6. The van der Waals surface area contributed by atoms with Crippen LogP contribution in [0.4, 0.5) is 5.69 Å². The fraction of sp³-hybridized carbons (Fsp3) is 0.667. The SMILES string of the molecule is CCC(N)Cc1ccc(N2CCN(C(C)CC)CC2)cc1. The molecule has 21 heavy (non-hydrogen) atoms. The van der Waals surface area contributed by atoms with Crippen molar-refractivity contribution in [1.82, 2.24) is 4.90 Å². The zero-order valence-electron chi connectivity index (χ0n) is 13.9. The molecule has 0 bridgehead atoms. The summed E-state index contributed by atoms with van der Waals surface area (Å²) >= 11 is 0. The van der Waals surface area contributed by atoms with E-state index in [9.17, 15) is 0 Å². The van der Waals surface area contributed by atoms with Crippen LogP contribution in [0.1, 0.15) is 39.2 Å². The number of nitrogens with zero attached hydrogens (tertiary/aromatic N) is 2. The third kappa shape index (κ3) is 4.45. The van der Waals surface area contributed by atoms with Gasteiger partial charge in [-0.05, 0) is 43.9 Å². The van der Waals surface area contributed by atoms with Gasteiger partial charge >= 0.3 is 0 Å². The van der Waals surface area contributed by atoms with Gasteiger partial charge in [-0.2, -0.15) is 0 Å². The van der Waals surface area contributed by atoms with Gasteiger partial charge in [-0.3, -0.25) is 4.90 Å². The van der Waals surface area contributed by atoms with Crippen molar-refractivity contribution < 1.29 is 0 Å². The first kappa shape index (κ1) is 16.3. The molecule has 2 N–H and O–H groups in total. The summed E-state index contributed by atoms with van der Waals surface area (Å²) in [6, 6.07) is 10.0. The number of piperazine rings is 1. The van der Waals surface area contributed by atoms with Gasteiger partial charge in [0, 0.05) is 44.0 Å². The molecule has 0 radical (unpaired) electrons. The van der Waals surface area contributed by atoms with Gasteiger partial charge in [0.1, 0.15) is 0 Å². The van der Waals surface area contributed by atoms with Crippen LogP contribution in [-0.4, -0.2) is 43.2 Å². The van der Waals surface area contributed by atoms with E-state index in [1.165, 1.54) is 30.8 Å². The monoisotopic (exact) mass is 289 g/mol. The van der Waals surface area contributed by atoms with Crippen LogP contribution in [0.2, 0.25) is 0 Å². The smallest absolute Gasteiger partial charge is 0.0367 e. The molecule has 118 valence electrons. The molecule has 1 aliphatic rings. The summed E-state index contributed by atoms with van der Waals surface area (Å²) in [6.07, 6.45) is 3.27. The molecular weight excluding hydrogens is 258 g/mol. The second kappa shape index (κ2) is 7.81. The molecule has 1 aromatic rings. The van der Waals surface area contributed by atoms with Crippen LogP contribution in [0.5, 0.6) is 0 Å². The number of benzene rings is 1. The van der Waals surface area contributed by atoms with E-state index in [1.54, 1.807) is 0 Å². The largest absolute Gasteiger partial charge is 0.369 e. The molecule has 3 nitrogen and oxygen atoms in total. The molecule has 1 heterocycles. The average Bonchev–Trinajstić information content (AvgIpc) is 2.55. The lowest BCUT2D eigenvalue weighted by atomic mass is 10.0. The lowest BCUT2D eigenvalue weighted by Crippen LogP contribution is -2.49. The highest BCUT2D eigenvalue weighted by molar-refractivity contribution is 5.48. The van der Waals surface area contributed by atoms with E-state index in [1.807, 2.05) is 0 Å². The van der Waals surface area contributed by atoms with Crippen LogP contribution in [0.3, 0.4) is 0 Å². The molecule has 0 saturated carbocycles. The molecule has 1 aliphatic heterocycles. The predicted octanol–water partition coefficient (Wildman–Crippen LogP) is 2.89. The molecule has 1 saturated heterocycles. The van der Waals surface area contributed by atoms with E-state index < -0.39 is 0 Å². The van der Waals surface area contributed by atoms with Crippen molar-refractivity contribution >= 4 is 5.69 Å².